The highest BCUT2D eigenvalue weighted by atomic mass is 28.4. The molecule has 3 fully saturated rings. The lowest BCUT2D eigenvalue weighted by Crippen LogP contribution is -2.43. The zero-order valence-corrected chi connectivity index (χ0v) is 20.0. The number of unbranched alkanes of at least 4 members (excludes halogenated alkanes) is 2. The van der Waals surface area contributed by atoms with Crippen LogP contribution in [-0.4, -0.2) is 21.5 Å². The summed E-state index contributed by atoms with van der Waals surface area (Å²) in [6.45, 7) is 14.1. The second-order valence-corrected chi connectivity index (χ2v) is 15.2. The molecule has 3 heteroatoms. The molecule has 0 aliphatic heterocycles. The highest BCUT2D eigenvalue weighted by Crippen LogP contribution is 2.52. The summed E-state index contributed by atoms with van der Waals surface area (Å²) < 4.78 is 12.0. The van der Waals surface area contributed by atoms with Gasteiger partial charge in [-0.3, -0.25) is 0 Å². The highest BCUT2D eigenvalue weighted by molar-refractivity contribution is 6.74. The summed E-state index contributed by atoms with van der Waals surface area (Å²) in [5, 5.41) is 0.264. The minimum absolute atomic E-state index is 0.264. The van der Waals surface area contributed by atoms with Gasteiger partial charge >= 0.3 is 0 Å². The Morgan fingerprint density at radius 2 is 1.78 bits per heavy atom. The monoisotopic (exact) mass is 392 g/mol. The van der Waals surface area contributed by atoms with Crippen molar-refractivity contribution in [3.63, 3.8) is 0 Å². The number of ether oxygens (including phenoxy) is 1. The third-order valence-corrected chi connectivity index (χ3v) is 11.8. The molecule has 0 saturated heterocycles. The molecule has 0 heterocycles. The van der Waals surface area contributed by atoms with E-state index in [1.165, 1.54) is 38.5 Å². The molecular formula is C24H44O2Si. The van der Waals surface area contributed by atoms with Gasteiger partial charge in [0.2, 0.25) is 0 Å². The summed E-state index contributed by atoms with van der Waals surface area (Å²) in [6, 6.07) is 0. The van der Waals surface area contributed by atoms with Crippen molar-refractivity contribution in [1.82, 2.24) is 0 Å². The van der Waals surface area contributed by atoms with E-state index in [1.807, 2.05) is 6.26 Å². The van der Waals surface area contributed by atoms with Crippen LogP contribution in [0.2, 0.25) is 18.1 Å². The number of hydrogen-bond donors (Lipinski definition) is 0. The predicted molar refractivity (Wildman–Crippen MR) is 119 cm³/mol. The van der Waals surface area contributed by atoms with Gasteiger partial charge < -0.3 is 9.16 Å². The number of allylic oxidation sites excluding steroid dienone is 2. The average molecular weight is 393 g/mol. The van der Waals surface area contributed by atoms with Gasteiger partial charge in [0.05, 0.1) is 19.5 Å². The topological polar surface area (TPSA) is 18.5 Å². The normalized spacial score (nSPS) is 29.9. The Labute approximate surface area is 169 Å². The van der Waals surface area contributed by atoms with Gasteiger partial charge in [-0.1, -0.05) is 59.1 Å². The molecule has 156 valence electrons. The maximum absolute atomic E-state index is 6.80. The van der Waals surface area contributed by atoms with Crippen LogP contribution in [0.15, 0.2) is 24.5 Å². The smallest absolute Gasteiger partial charge is 0.192 e. The first-order valence-electron chi connectivity index (χ1n) is 11.2. The molecule has 3 saturated carbocycles. The molecule has 0 unspecified atom stereocenters. The summed E-state index contributed by atoms with van der Waals surface area (Å²) in [6.07, 6.45) is 18.6. The van der Waals surface area contributed by atoms with Crippen molar-refractivity contribution in [1.29, 1.82) is 0 Å². The Morgan fingerprint density at radius 3 is 2.37 bits per heavy atom. The van der Waals surface area contributed by atoms with Gasteiger partial charge in [0, 0.05) is 0 Å². The van der Waals surface area contributed by atoms with E-state index in [4.69, 9.17) is 9.16 Å². The minimum Gasteiger partial charge on any atom is -0.505 e. The molecule has 3 atom stereocenters. The van der Waals surface area contributed by atoms with E-state index in [2.05, 4.69) is 59.0 Å². The van der Waals surface area contributed by atoms with Crippen LogP contribution in [0.4, 0.5) is 0 Å². The lowest BCUT2D eigenvalue weighted by Gasteiger charge is -2.49. The first-order valence-corrected chi connectivity index (χ1v) is 14.1. The van der Waals surface area contributed by atoms with Crippen LogP contribution in [-0.2, 0) is 9.16 Å². The van der Waals surface area contributed by atoms with E-state index in [1.54, 1.807) is 7.11 Å². The van der Waals surface area contributed by atoms with Crippen molar-refractivity contribution in [2.45, 2.75) is 96.9 Å². The molecule has 2 bridgehead atoms. The molecule has 3 aliphatic carbocycles. The van der Waals surface area contributed by atoms with Crippen molar-refractivity contribution >= 4 is 8.32 Å². The summed E-state index contributed by atoms with van der Waals surface area (Å²) in [5.41, 5.74) is 0. The number of hydrogen-bond acceptors (Lipinski definition) is 2. The molecule has 0 N–H and O–H groups in total. The Morgan fingerprint density at radius 1 is 1.07 bits per heavy atom. The van der Waals surface area contributed by atoms with Crippen molar-refractivity contribution in [2.75, 3.05) is 7.11 Å². The van der Waals surface area contributed by atoms with Gasteiger partial charge in [-0.25, -0.2) is 0 Å². The van der Waals surface area contributed by atoms with E-state index in [-0.39, 0.29) is 11.1 Å². The zero-order chi connectivity index (χ0) is 20.1. The van der Waals surface area contributed by atoms with Crippen LogP contribution in [0.25, 0.3) is 0 Å². The quantitative estimate of drug-likeness (QED) is 0.168. The van der Waals surface area contributed by atoms with Crippen molar-refractivity contribution in [2.24, 2.45) is 23.7 Å². The molecule has 2 nitrogen and oxygen atoms in total. The van der Waals surface area contributed by atoms with Gasteiger partial charge in [0.1, 0.15) is 0 Å². The number of methoxy groups -OCH3 is 1. The van der Waals surface area contributed by atoms with Crippen molar-refractivity contribution in [3.05, 3.63) is 24.5 Å². The van der Waals surface area contributed by atoms with Crippen LogP contribution < -0.4 is 0 Å². The molecular weight excluding hydrogens is 348 g/mol. The SMILES string of the molecule is CCCCC[C@@H](/C=C/[C@H]1CC2CC(C2)[C@@H]1/C=C/OC)O[Si](C)(C)C(C)(C)C. The Hall–Kier alpha value is -0.543. The number of fused-ring (bicyclic) bond motifs is 2. The second-order valence-electron chi connectivity index (χ2n) is 10.4. The maximum atomic E-state index is 6.80. The van der Waals surface area contributed by atoms with E-state index < -0.39 is 8.32 Å². The van der Waals surface area contributed by atoms with Crippen molar-refractivity contribution < 1.29 is 9.16 Å². The maximum Gasteiger partial charge on any atom is 0.192 e. The minimum atomic E-state index is -1.74. The van der Waals surface area contributed by atoms with Crippen LogP contribution in [0.5, 0.6) is 0 Å². The molecule has 0 aromatic heterocycles. The summed E-state index contributed by atoms with van der Waals surface area (Å²) in [4.78, 5) is 0. The first kappa shape index (κ1) is 22.7. The molecule has 3 aliphatic rings. The standard InChI is InChI=1S/C24H44O2Si/c1-8-9-10-11-22(26-27(6,7)24(2,3)4)13-12-20-16-19-17-21(18-19)23(20)14-15-25-5/h12-15,19-23H,8-11,16-18H2,1-7H3/b13-12+,15-14+/t19?,20-,21?,22-,23+/m0/s1. The van der Waals surface area contributed by atoms with E-state index in [9.17, 15) is 0 Å². The lowest BCUT2D eigenvalue weighted by molar-refractivity contribution is 0.0402. The van der Waals surface area contributed by atoms with Gasteiger partial charge in [-0.2, -0.15) is 0 Å². The third-order valence-electron chi connectivity index (χ3n) is 7.27. The zero-order valence-electron chi connectivity index (χ0n) is 19.0. The van der Waals surface area contributed by atoms with Crippen LogP contribution in [0, 0.1) is 23.7 Å². The van der Waals surface area contributed by atoms with Gasteiger partial charge in [-0.15, -0.1) is 0 Å². The molecule has 0 radical (unpaired) electrons. The molecule has 3 rings (SSSR count). The van der Waals surface area contributed by atoms with Gasteiger partial charge in [0.15, 0.2) is 8.32 Å². The molecule has 0 aromatic carbocycles. The molecule has 0 spiro atoms. The third kappa shape index (κ3) is 6.22. The van der Waals surface area contributed by atoms with Crippen LogP contribution in [0.1, 0.15) is 72.6 Å². The average Bonchev–Trinajstić information content (AvgIpc) is 2.56. The number of rotatable bonds is 10. The van der Waals surface area contributed by atoms with Gasteiger partial charge in [-0.05, 0) is 73.6 Å². The predicted octanol–water partition coefficient (Wildman–Crippen LogP) is 7.34. The van der Waals surface area contributed by atoms with E-state index in [0.29, 0.717) is 11.8 Å². The fourth-order valence-corrected chi connectivity index (χ4v) is 5.78. The lowest BCUT2D eigenvalue weighted by atomic mass is 9.56. The molecule has 0 amide bonds. The van der Waals surface area contributed by atoms with Crippen LogP contribution >= 0.6 is 0 Å². The first-order chi connectivity index (χ1) is 12.7. The van der Waals surface area contributed by atoms with Crippen LogP contribution in [0.3, 0.4) is 0 Å². The fraction of sp³-hybridized carbons (Fsp3) is 0.833. The fourth-order valence-electron chi connectivity index (χ4n) is 4.47. The van der Waals surface area contributed by atoms with Crippen molar-refractivity contribution in [3.8, 4) is 0 Å². The summed E-state index contributed by atoms with van der Waals surface area (Å²) in [7, 11) is 0.0117. The Balaban J connectivity index is 2.06. The Bertz CT molecular complexity index is 497. The van der Waals surface area contributed by atoms with Gasteiger partial charge in [0.25, 0.3) is 0 Å². The highest BCUT2D eigenvalue weighted by Gasteiger charge is 2.44. The molecule has 0 aromatic rings. The van der Waals surface area contributed by atoms with E-state index >= 15 is 0 Å². The Kier molecular flexibility index (Phi) is 8.24. The largest absolute Gasteiger partial charge is 0.505 e. The van der Waals surface area contributed by atoms with E-state index in [0.717, 1.165) is 18.3 Å². The summed E-state index contributed by atoms with van der Waals surface area (Å²) in [5.74, 6) is 3.13. The molecule has 27 heavy (non-hydrogen) atoms. The summed E-state index contributed by atoms with van der Waals surface area (Å²) >= 11 is 0. The second kappa shape index (κ2) is 9.78.